The lowest BCUT2D eigenvalue weighted by molar-refractivity contribution is -0.139. The van der Waals surface area contributed by atoms with Crippen LogP contribution in [0.3, 0.4) is 0 Å². The van der Waals surface area contributed by atoms with Crippen LogP contribution in [-0.4, -0.2) is 32.5 Å². The molecule has 1 atom stereocenters. The Morgan fingerprint density at radius 3 is 2.43 bits per heavy atom. The highest BCUT2D eigenvalue weighted by Gasteiger charge is 2.42. The summed E-state index contributed by atoms with van der Waals surface area (Å²) in [6, 6.07) is 1.31. The molecule has 0 saturated heterocycles. The summed E-state index contributed by atoms with van der Waals surface area (Å²) in [6.45, 7) is 2.25. The summed E-state index contributed by atoms with van der Waals surface area (Å²) in [7, 11) is 0. The fraction of sp³-hybridized carbons (Fsp3) is 0.222. The van der Waals surface area contributed by atoms with Crippen LogP contribution in [0.25, 0.3) is 0 Å². The van der Waals surface area contributed by atoms with Crippen molar-refractivity contribution >= 4 is 11.9 Å². The third kappa shape index (κ3) is 2.26. The molecule has 0 amide bonds. The van der Waals surface area contributed by atoms with Crippen LogP contribution >= 0.6 is 0 Å². The van der Waals surface area contributed by atoms with Gasteiger partial charge in [-0.05, 0) is 25.5 Å². The third-order valence-corrected chi connectivity index (χ3v) is 4.72. The maximum Gasteiger partial charge on any atom is 0.347 e. The molecule has 0 fully saturated rings. The van der Waals surface area contributed by atoms with Gasteiger partial charge in [0, 0.05) is 5.56 Å². The zero-order valence-electron chi connectivity index (χ0n) is 14.6. The normalized spacial score (nSPS) is 17.0. The summed E-state index contributed by atoms with van der Waals surface area (Å²) in [6.07, 6.45) is -1.76. The van der Waals surface area contributed by atoms with E-state index >= 15 is 0 Å². The van der Waals surface area contributed by atoms with Gasteiger partial charge in [0.2, 0.25) is 6.29 Å². The minimum Gasteiger partial charge on any atom is -0.507 e. The number of hydrogen-bond acceptors (Lipinski definition) is 10. The van der Waals surface area contributed by atoms with Crippen LogP contribution in [0, 0.1) is 13.8 Å². The second-order valence-corrected chi connectivity index (χ2v) is 6.29. The van der Waals surface area contributed by atoms with Crippen molar-refractivity contribution in [1.82, 2.24) is 0 Å². The van der Waals surface area contributed by atoms with Crippen molar-refractivity contribution in [2.24, 2.45) is 0 Å². The number of ether oxygens (including phenoxy) is 3. The van der Waals surface area contributed by atoms with Crippen LogP contribution in [0.5, 0.6) is 28.7 Å². The van der Waals surface area contributed by atoms with E-state index in [1.807, 2.05) is 0 Å². The Labute approximate surface area is 157 Å². The van der Waals surface area contributed by atoms with Crippen LogP contribution in [0.2, 0.25) is 0 Å². The van der Waals surface area contributed by atoms with Gasteiger partial charge in [0.05, 0.1) is 17.7 Å². The van der Waals surface area contributed by atoms with E-state index in [4.69, 9.17) is 19.5 Å². The summed E-state index contributed by atoms with van der Waals surface area (Å²) >= 11 is 0. The van der Waals surface area contributed by atoms with Crippen LogP contribution in [0.15, 0.2) is 6.07 Å². The van der Waals surface area contributed by atoms with E-state index in [1.54, 1.807) is 0 Å². The van der Waals surface area contributed by atoms with E-state index in [9.17, 15) is 24.9 Å². The number of cyclic esters (lactones) is 1. The van der Waals surface area contributed by atoms with Crippen molar-refractivity contribution < 1.29 is 49.3 Å². The van der Waals surface area contributed by atoms with Gasteiger partial charge in [0.15, 0.2) is 23.0 Å². The van der Waals surface area contributed by atoms with Crippen molar-refractivity contribution in [2.45, 2.75) is 26.7 Å². The molecule has 2 aliphatic rings. The smallest absolute Gasteiger partial charge is 0.347 e. The number of aliphatic hydroxyl groups is 2. The summed E-state index contributed by atoms with van der Waals surface area (Å²) < 4.78 is 15.9. The van der Waals surface area contributed by atoms with Gasteiger partial charge in [-0.15, -0.1) is 0 Å². The molecule has 2 aromatic carbocycles. The number of benzene rings is 2. The minimum absolute atomic E-state index is 0.0165. The minimum atomic E-state index is -1.76. The fourth-order valence-corrected chi connectivity index (χ4v) is 3.36. The van der Waals surface area contributed by atoms with Crippen molar-refractivity contribution in [2.75, 3.05) is 0 Å². The highest BCUT2D eigenvalue weighted by molar-refractivity contribution is 6.02. The molecule has 4 rings (SSSR count). The zero-order valence-corrected chi connectivity index (χ0v) is 14.6. The number of hydrogen-bond donors (Lipinski definition) is 4. The largest absolute Gasteiger partial charge is 0.507 e. The topological polar surface area (TPSA) is 152 Å². The Morgan fingerprint density at radius 1 is 1.07 bits per heavy atom. The number of phenolic OH excluding ortho intramolecular Hbond substituents is 1. The standard InChI is InChI=1S/C18H14O10/c1-5-3-8(28-24)7(4-19)14-9(5)16(21)26-13-6(2)12(20)10-11(15(13)25-14)18(23)27-17(10)22/h3,18-20,23-24H,4H2,1-2H3. The molecular weight excluding hydrogens is 376 g/mol. The van der Waals surface area contributed by atoms with Crippen LogP contribution in [-0.2, 0) is 11.3 Å². The van der Waals surface area contributed by atoms with E-state index in [0.717, 1.165) is 0 Å². The van der Waals surface area contributed by atoms with Gasteiger partial charge in [-0.3, -0.25) is 0 Å². The lowest BCUT2D eigenvalue weighted by Gasteiger charge is -2.17. The van der Waals surface area contributed by atoms with Crippen molar-refractivity contribution in [3.05, 3.63) is 39.4 Å². The average molecular weight is 390 g/mol. The van der Waals surface area contributed by atoms with Crippen LogP contribution < -0.4 is 14.4 Å². The first-order chi connectivity index (χ1) is 13.3. The zero-order chi connectivity index (χ0) is 20.3. The lowest BCUT2D eigenvalue weighted by atomic mass is 10.0. The number of aromatic hydroxyl groups is 1. The van der Waals surface area contributed by atoms with Gasteiger partial charge in [-0.25, -0.2) is 14.8 Å². The molecule has 10 nitrogen and oxygen atoms in total. The SMILES string of the molecule is Cc1cc(OO)c(CO)c2c1C(=O)Oc1c(C)c(O)c3c(c1O2)C(O)OC3=O. The van der Waals surface area contributed by atoms with E-state index in [0.29, 0.717) is 5.56 Å². The molecule has 2 heterocycles. The number of aryl methyl sites for hydroxylation is 1. The Kier molecular flexibility index (Phi) is 3.93. The molecule has 0 bridgehead atoms. The molecule has 146 valence electrons. The number of carbonyl (C=O) groups is 2. The quantitative estimate of drug-likeness (QED) is 0.259. The molecule has 0 spiro atoms. The monoisotopic (exact) mass is 390 g/mol. The number of phenols is 1. The molecule has 0 aromatic heterocycles. The summed E-state index contributed by atoms with van der Waals surface area (Å²) in [5.74, 6) is -3.16. The number of fused-ring (bicyclic) bond motifs is 4. The predicted octanol–water partition coefficient (Wildman–Crippen LogP) is 1.84. The molecule has 4 N–H and O–H groups in total. The Bertz CT molecular complexity index is 1060. The maximum absolute atomic E-state index is 12.7. The molecule has 10 heteroatoms. The first-order valence-electron chi connectivity index (χ1n) is 8.07. The highest BCUT2D eigenvalue weighted by Crippen LogP contribution is 2.53. The van der Waals surface area contributed by atoms with E-state index in [2.05, 4.69) is 4.89 Å². The highest BCUT2D eigenvalue weighted by atomic mass is 17.1. The van der Waals surface area contributed by atoms with Gasteiger partial charge in [-0.1, -0.05) is 0 Å². The third-order valence-electron chi connectivity index (χ3n) is 4.72. The Hall–Kier alpha value is -3.34. The van der Waals surface area contributed by atoms with E-state index in [1.165, 1.54) is 19.9 Å². The van der Waals surface area contributed by atoms with Crippen molar-refractivity contribution in [3.63, 3.8) is 0 Å². The van der Waals surface area contributed by atoms with Gasteiger partial charge in [0.25, 0.3) is 0 Å². The maximum atomic E-state index is 12.7. The molecule has 2 aromatic rings. The number of esters is 2. The first-order valence-corrected chi connectivity index (χ1v) is 8.07. The van der Waals surface area contributed by atoms with Crippen LogP contribution in [0.1, 0.15) is 49.3 Å². The number of carbonyl (C=O) groups excluding carboxylic acids is 2. The van der Waals surface area contributed by atoms with E-state index < -0.39 is 30.6 Å². The molecule has 2 aliphatic heterocycles. The molecular formula is C18H14O10. The fourth-order valence-electron chi connectivity index (χ4n) is 3.36. The molecule has 0 radical (unpaired) electrons. The van der Waals surface area contributed by atoms with E-state index in [-0.39, 0.29) is 50.8 Å². The van der Waals surface area contributed by atoms with Gasteiger partial charge >= 0.3 is 11.9 Å². The molecule has 0 saturated carbocycles. The molecule has 28 heavy (non-hydrogen) atoms. The second kappa shape index (κ2) is 6.09. The summed E-state index contributed by atoms with van der Waals surface area (Å²) in [5.41, 5.74) is -0.343. The van der Waals surface area contributed by atoms with Gasteiger partial charge in [0.1, 0.15) is 16.9 Å². The summed E-state index contributed by atoms with van der Waals surface area (Å²) in [5, 5.41) is 39.3. The average Bonchev–Trinajstić information content (AvgIpc) is 2.85. The molecule has 0 aliphatic carbocycles. The number of aliphatic hydroxyl groups excluding tert-OH is 2. The van der Waals surface area contributed by atoms with Gasteiger partial charge < -0.3 is 34.4 Å². The lowest BCUT2D eigenvalue weighted by Crippen LogP contribution is -2.11. The predicted molar refractivity (Wildman–Crippen MR) is 88.6 cm³/mol. The van der Waals surface area contributed by atoms with Crippen molar-refractivity contribution in [1.29, 1.82) is 0 Å². The Morgan fingerprint density at radius 2 is 1.79 bits per heavy atom. The number of rotatable bonds is 2. The summed E-state index contributed by atoms with van der Waals surface area (Å²) in [4.78, 5) is 29.0. The van der Waals surface area contributed by atoms with Gasteiger partial charge in [-0.2, -0.15) is 0 Å². The van der Waals surface area contributed by atoms with Crippen molar-refractivity contribution in [3.8, 4) is 28.7 Å². The van der Waals surface area contributed by atoms with Crippen LogP contribution in [0.4, 0.5) is 0 Å². The second-order valence-electron chi connectivity index (χ2n) is 6.29. The Balaban J connectivity index is 2.08. The molecule has 1 unspecified atom stereocenters. The first kappa shape index (κ1) is 18.0.